The molecule has 110 valence electrons. The van der Waals surface area contributed by atoms with Crippen LogP contribution in [0.2, 0.25) is 0 Å². The molecule has 22 heavy (non-hydrogen) atoms. The fourth-order valence-electron chi connectivity index (χ4n) is 2.00. The summed E-state index contributed by atoms with van der Waals surface area (Å²) in [4.78, 5) is 17.1. The zero-order chi connectivity index (χ0) is 15.5. The standard InChI is InChI=1S/C16H14N4OS/c17-11-6-4-5-10(9-11)13(21)14-15(18)20-16(22-14)19-12-7-2-1-3-8-12/h1-9H,17-18H2,(H,19,20). The Morgan fingerprint density at radius 3 is 2.55 bits per heavy atom. The molecule has 0 saturated heterocycles. The number of ketones is 1. The number of rotatable bonds is 4. The van der Waals surface area contributed by atoms with Gasteiger partial charge in [-0.05, 0) is 24.3 Å². The second-order valence-corrected chi connectivity index (χ2v) is 5.68. The molecule has 0 unspecified atom stereocenters. The lowest BCUT2D eigenvalue weighted by Gasteiger charge is -2.00. The number of hydrogen-bond donors (Lipinski definition) is 3. The quantitative estimate of drug-likeness (QED) is 0.508. The summed E-state index contributed by atoms with van der Waals surface area (Å²) in [6, 6.07) is 16.4. The van der Waals surface area contributed by atoms with E-state index in [-0.39, 0.29) is 11.6 Å². The average Bonchev–Trinajstić information content (AvgIpc) is 2.88. The number of nitrogens with zero attached hydrogens (tertiary/aromatic N) is 1. The molecule has 6 heteroatoms. The summed E-state index contributed by atoms with van der Waals surface area (Å²) in [5, 5.41) is 3.71. The zero-order valence-corrected chi connectivity index (χ0v) is 12.4. The number of para-hydroxylation sites is 1. The maximum atomic E-state index is 12.5. The van der Waals surface area contributed by atoms with Crippen molar-refractivity contribution < 1.29 is 4.79 Å². The molecular formula is C16H14N4OS. The summed E-state index contributed by atoms with van der Waals surface area (Å²) in [6.07, 6.45) is 0. The molecule has 0 spiro atoms. The van der Waals surface area contributed by atoms with Crippen molar-refractivity contribution >= 4 is 39.4 Å². The lowest BCUT2D eigenvalue weighted by molar-refractivity contribution is 0.104. The number of thiazole rings is 1. The predicted octanol–water partition coefficient (Wildman–Crippen LogP) is 3.28. The molecule has 0 aliphatic rings. The van der Waals surface area contributed by atoms with Gasteiger partial charge in [-0.15, -0.1) is 0 Å². The van der Waals surface area contributed by atoms with Crippen LogP contribution in [0.4, 0.5) is 22.3 Å². The van der Waals surface area contributed by atoms with Crippen LogP contribution in [-0.4, -0.2) is 10.8 Å². The number of aromatic nitrogens is 1. The Labute approximate surface area is 131 Å². The molecule has 2 aromatic carbocycles. The first kappa shape index (κ1) is 14.1. The molecule has 0 aliphatic heterocycles. The van der Waals surface area contributed by atoms with Crippen molar-refractivity contribution in [1.82, 2.24) is 4.98 Å². The molecule has 3 rings (SSSR count). The van der Waals surface area contributed by atoms with E-state index in [1.165, 1.54) is 11.3 Å². The number of nitrogen functional groups attached to an aromatic ring is 2. The largest absolute Gasteiger partial charge is 0.399 e. The molecule has 0 fully saturated rings. The van der Waals surface area contributed by atoms with Crippen molar-refractivity contribution in [3.05, 3.63) is 65.0 Å². The summed E-state index contributed by atoms with van der Waals surface area (Å²) in [5.74, 6) is 0.0410. The maximum Gasteiger partial charge on any atom is 0.206 e. The lowest BCUT2D eigenvalue weighted by atomic mass is 10.1. The van der Waals surface area contributed by atoms with Gasteiger partial charge in [0.15, 0.2) is 5.13 Å². The van der Waals surface area contributed by atoms with Crippen molar-refractivity contribution in [2.45, 2.75) is 0 Å². The smallest absolute Gasteiger partial charge is 0.206 e. The Morgan fingerprint density at radius 1 is 1.05 bits per heavy atom. The predicted molar refractivity (Wildman–Crippen MR) is 90.5 cm³/mol. The Bertz CT molecular complexity index is 814. The van der Waals surface area contributed by atoms with E-state index in [4.69, 9.17) is 11.5 Å². The normalized spacial score (nSPS) is 10.4. The third kappa shape index (κ3) is 2.91. The minimum absolute atomic E-state index is 0.177. The van der Waals surface area contributed by atoms with Crippen LogP contribution in [-0.2, 0) is 0 Å². The van der Waals surface area contributed by atoms with Crippen LogP contribution in [0.5, 0.6) is 0 Å². The average molecular weight is 310 g/mol. The molecule has 0 aliphatic carbocycles. The highest BCUT2D eigenvalue weighted by atomic mass is 32.1. The van der Waals surface area contributed by atoms with Gasteiger partial charge in [-0.25, -0.2) is 4.98 Å². The van der Waals surface area contributed by atoms with E-state index in [2.05, 4.69) is 10.3 Å². The minimum Gasteiger partial charge on any atom is -0.399 e. The molecule has 0 saturated carbocycles. The van der Waals surface area contributed by atoms with Crippen LogP contribution in [0, 0.1) is 0 Å². The molecule has 1 aromatic heterocycles. The Balaban J connectivity index is 1.88. The number of nitrogens with two attached hydrogens (primary N) is 2. The third-order valence-corrected chi connectivity index (χ3v) is 4.02. The fraction of sp³-hybridized carbons (Fsp3) is 0. The summed E-state index contributed by atoms with van der Waals surface area (Å²) in [5.41, 5.74) is 13.5. The van der Waals surface area contributed by atoms with E-state index in [1.54, 1.807) is 24.3 Å². The van der Waals surface area contributed by atoms with Gasteiger partial charge in [-0.2, -0.15) is 0 Å². The van der Waals surface area contributed by atoms with Gasteiger partial charge >= 0.3 is 0 Å². The third-order valence-electron chi connectivity index (χ3n) is 3.03. The molecule has 0 bridgehead atoms. The topological polar surface area (TPSA) is 94.0 Å². The number of anilines is 4. The van der Waals surface area contributed by atoms with E-state index in [9.17, 15) is 4.79 Å². The summed E-state index contributed by atoms with van der Waals surface area (Å²) in [7, 11) is 0. The first-order valence-corrected chi connectivity index (χ1v) is 7.44. The molecule has 3 aromatic rings. The first-order chi connectivity index (χ1) is 10.6. The van der Waals surface area contributed by atoms with Gasteiger partial charge in [0, 0.05) is 16.9 Å². The van der Waals surface area contributed by atoms with Crippen LogP contribution in [0.1, 0.15) is 15.2 Å². The van der Waals surface area contributed by atoms with Crippen molar-refractivity contribution in [2.24, 2.45) is 0 Å². The van der Waals surface area contributed by atoms with E-state index in [0.29, 0.717) is 21.3 Å². The second-order valence-electron chi connectivity index (χ2n) is 4.68. The first-order valence-electron chi connectivity index (χ1n) is 6.62. The van der Waals surface area contributed by atoms with Gasteiger partial charge in [-0.3, -0.25) is 4.79 Å². The van der Waals surface area contributed by atoms with Crippen LogP contribution in [0.25, 0.3) is 0 Å². The Kier molecular flexibility index (Phi) is 3.76. The van der Waals surface area contributed by atoms with Crippen LogP contribution < -0.4 is 16.8 Å². The molecule has 1 heterocycles. The highest BCUT2D eigenvalue weighted by Gasteiger charge is 2.18. The van der Waals surface area contributed by atoms with E-state index in [0.717, 1.165) is 5.69 Å². The van der Waals surface area contributed by atoms with Crippen LogP contribution in [0.15, 0.2) is 54.6 Å². The van der Waals surface area contributed by atoms with Crippen molar-refractivity contribution in [1.29, 1.82) is 0 Å². The van der Waals surface area contributed by atoms with Gasteiger partial charge in [0.25, 0.3) is 0 Å². The Hall–Kier alpha value is -2.86. The number of nitrogens with one attached hydrogen (secondary N) is 1. The van der Waals surface area contributed by atoms with Crippen molar-refractivity contribution in [3.8, 4) is 0 Å². The second kappa shape index (κ2) is 5.87. The van der Waals surface area contributed by atoms with Gasteiger partial charge in [-0.1, -0.05) is 41.7 Å². The van der Waals surface area contributed by atoms with Gasteiger partial charge < -0.3 is 16.8 Å². The number of carbonyl (C=O) groups is 1. The summed E-state index contributed by atoms with van der Waals surface area (Å²) in [6.45, 7) is 0. The number of benzene rings is 2. The van der Waals surface area contributed by atoms with Gasteiger partial charge in [0.05, 0.1) is 0 Å². The highest BCUT2D eigenvalue weighted by molar-refractivity contribution is 7.18. The van der Waals surface area contributed by atoms with Crippen molar-refractivity contribution in [3.63, 3.8) is 0 Å². The molecular weight excluding hydrogens is 296 g/mol. The zero-order valence-electron chi connectivity index (χ0n) is 11.6. The molecule has 5 nitrogen and oxygen atoms in total. The van der Waals surface area contributed by atoms with Crippen molar-refractivity contribution in [2.75, 3.05) is 16.8 Å². The lowest BCUT2D eigenvalue weighted by Crippen LogP contribution is -2.03. The van der Waals surface area contributed by atoms with E-state index in [1.807, 2.05) is 30.3 Å². The molecule has 0 radical (unpaired) electrons. The van der Waals surface area contributed by atoms with E-state index >= 15 is 0 Å². The van der Waals surface area contributed by atoms with Gasteiger partial charge in [0.2, 0.25) is 5.78 Å². The SMILES string of the molecule is Nc1cccc(C(=O)c2sc(Nc3ccccc3)nc2N)c1. The molecule has 5 N–H and O–H groups in total. The summed E-state index contributed by atoms with van der Waals surface area (Å²) >= 11 is 1.23. The summed E-state index contributed by atoms with van der Waals surface area (Å²) < 4.78 is 0. The number of hydrogen-bond acceptors (Lipinski definition) is 6. The number of carbonyl (C=O) groups excluding carboxylic acids is 1. The monoisotopic (exact) mass is 310 g/mol. The fourth-order valence-corrected chi connectivity index (χ4v) is 2.87. The highest BCUT2D eigenvalue weighted by Crippen LogP contribution is 2.29. The van der Waals surface area contributed by atoms with E-state index < -0.39 is 0 Å². The van der Waals surface area contributed by atoms with Crippen LogP contribution in [0.3, 0.4) is 0 Å². The molecule has 0 amide bonds. The minimum atomic E-state index is -0.177. The maximum absolute atomic E-state index is 12.5. The van der Waals surface area contributed by atoms with Gasteiger partial charge in [0.1, 0.15) is 10.7 Å². The Morgan fingerprint density at radius 2 is 1.82 bits per heavy atom. The van der Waals surface area contributed by atoms with Crippen LogP contribution >= 0.6 is 11.3 Å². The molecule has 0 atom stereocenters.